The van der Waals surface area contributed by atoms with Crippen LogP contribution in [0.25, 0.3) is 0 Å². The Morgan fingerprint density at radius 3 is 2.71 bits per heavy atom. The molecule has 0 aliphatic carbocycles. The average molecular weight is 239 g/mol. The largest absolute Gasteiger partial charge is 0.469 e. The summed E-state index contributed by atoms with van der Waals surface area (Å²) in [7, 11) is 0. The van der Waals surface area contributed by atoms with Gasteiger partial charge in [0.05, 0.1) is 6.42 Å². The van der Waals surface area contributed by atoms with Crippen LogP contribution in [-0.4, -0.2) is 44.7 Å². The minimum Gasteiger partial charge on any atom is -0.469 e. The summed E-state index contributed by atoms with van der Waals surface area (Å²) in [4.78, 5) is 23.8. The van der Waals surface area contributed by atoms with Crippen LogP contribution in [-0.2, 0) is 14.3 Å². The molecule has 2 N–H and O–H groups in total. The maximum Gasteiger partial charge on any atom is 0.237 e. The van der Waals surface area contributed by atoms with Gasteiger partial charge in [0.2, 0.25) is 12.1 Å². The summed E-state index contributed by atoms with van der Waals surface area (Å²) in [6, 6.07) is 0. The van der Waals surface area contributed by atoms with Crippen molar-refractivity contribution in [3.63, 3.8) is 0 Å². The lowest BCUT2D eigenvalue weighted by molar-refractivity contribution is -0.154. The molecule has 2 aliphatic heterocycles. The van der Waals surface area contributed by atoms with Crippen LogP contribution < -0.4 is 0 Å². The number of aliphatic hydroxyl groups is 2. The first-order chi connectivity index (χ1) is 7.84. The monoisotopic (exact) mass is 239 g/mol. The van der Waals surface area contributed by atoms with Gasteiger partial charge in [0, 0.05) is 6.20 Å². The van der Waals surface area contributed by atoms with Crippen LogP contribution in [0, 0.1) is 0 Å². The summed E-state index contributed by atoms with van der Waals surface area (Å²) >= 11 is 0. The molecule has 0 saturated carbocycles. The van der Waals surface area contributed by atoms with Crippen LogP contribution in [0.2, 0.25) is 0 Å². The molecule has 1 saturated heterocycles. The maximum absolute atomic E-state index is 11.6. The molecule has 1 fully saturated rings. The molecule has 0 aromatic heterocycles. The standard InChI is InChI=1S/C11H13NO5/c1-6-9(15)11(2,16)10(17-6)12-4-3-7(13)5-8(12)14/h3-4,9-10,15-16H,1,5H2,2H3/t9-,10-,11-/m1/s1. The number of hydrogen-bond acceptors (Lipinski definition) is 5. The third-order valence-electron chi connectivity index (χ3n) is 2.91. The van der Waals surface area contributed by atoms with Crippen molar-refractivity contribution in [2.24, 2.45) is 0 Å². The van der Waals surface area contributed by atoms with E-state index >= 15 is 0 Å². The third kappa shape index (κ3) is 1.75. The molecule has 3 atom stereocenters. The Morgan fingerprint density at radius 2 is 2.24 bits per heavy atom. The Kier molecular flexibility index (Phi) is 2.56. The molecular formula is C11H13NO5. The fraction of sp³-hybridized carbons (Fsp3) is 0.455. The normalized spacial score (nSPS) is 37.6. The molecule has 0 bridgehead atoms. The molecule has 1 amide bonds. The van der Waals surface area contributed by atoms with E-state index in [9.17, 15) is 19.8 Å². The van der Waals surface area contributed by atoms with Crippen molar-refractivity contribution < 1.29 is 24.5 Å². The predicted molar refractivity (Wildman–Crippen MR) is 56.3 cm³/mol. The molecule has 2 aliphatic rings. The number of rotatable bonds is 1. The number of aliphatic hydroxyl groups excluding tert-OH is 1. The summed E-state index contributed by atoms with van der Waals surface area (Å²) in [5.74, 6) is -0.786. The molecule has 6 nitrogen and oxygen atoms in total. The zero-order chi connectivity index (χ0) is 12.8. The highest BCUT2D eigenvalue weighted by Crippen LogP contribution is 2.35. The van der Waals surface area contributed by atoms with E-state index in [2.05, 4.69) is 6.58 Å². The Labute approximate surface area is 97.8 Å². The van der Waals surface area contributed by atoms with Gasteiger partial charge in [-0.05, 0) is 13.0 Å². The smallest absolute Gasteiger partial charge is 0.237 e. The zero-order valence-electron chi connectivity index (χ0n) is 9.29. The van der Waals surface area contributed by atoms with Crippen LogP contribution in [0.3, 0.4) is 0 Å². The second-order valence-corrected chi connectivity index (χ2v) is 4.32. The second-order valence-electron chi connectivity index (χ2n) is 4.32. The number of carbonyl (C=O) groups is 2. The van der Waals surface area contributed by atoms with Gasteiger partial charge >= 0.3 is 0 Å². The van der Waals surface area contributed by atoms with Crippen molar-refractivity contribution in [1.29, 1.82) is 0 Å². The highest BCUT2D eigenvalue weighted by atomic mass is 16.6. The third-order valence-corrected chi connectivity index (χ3v) is 2.91. The van der Waals surface area contributed by atoms with E-state index in [-0.39, 0.29) is 18.0 Å². The second kappa shape index (κ2) is 3.68. The van der Waals surface area contributed by atoms with Gasteiger partial charge in [-0.3, -0.25) is 14.5 Å². The van der Waals surface area contributed by atoms with Gasteiger partial charge in [-0.15, -0.1) is 0 Å². The average Bonchev–Trinajstić information content (AvgIpc) is 2.43. The van der Waals surface area contributed by atoms with Gasteiger partial charge < -0.3 is 14.9 Å². The van der Waals surface area contributed by atoms with Gasteiger partial charge in [0.25, 0.3) is 0 Å². The highest BCUT2D eigenvalue weighted by molar-refractivity contribution is 6.06. The Hall–Kier alpha value is -1.66. The summed E-state index contributed by atoms with van der Waals surface area (Å²) < 4.78 is 5.18. The first kappa shape index (κ1) is 11.8. The molecule has 0 spiro atoms. The number of nitrogens with zero attached hydrogens (tertiary/aromatic N) is 1. The predicted octanol–water partition coefficient (Wildman–Crippen LogP) is -0.717. The number of amides is 1. The SMILES string of the molecule is C=C1O[C@@H](N2C=CC(=O)CC2=O)[C@](C)(O)[C@@H]1O. The van der Waals surface area contributed by atoms with E-state index in [4.69, 9.17) is 4.74 Å². The van der Waals surface area contributed by atoms with Crippen molar-refractivity contribution >= 4 is 11.7 Å². The highest BCUT2D eigenvalue weighted by Gasteiger charge is 2.53. The molecule has 0 aromatic rings. The summed E-state index contributed by atoms with van der Waals surface area (Å²) in [5, 5.41) is 19.7. The topological polar surface area (TPSA) is 87.1 Å². The molecule has 6 heteroatoms. The molecule has 0 radical (unpaired) electrons. The number of ketones is 1. The molecule has 0 aromatic carbocycles. The van der Waals surface area contributed by atoms with Gasteiger partial charge in [-0.2, -0.15) is 0 Å². The number of carbonyl (C=O) groups excluding carboxylic acids is 2. The Bertz CT molecular complexity index is 426. The molecular weight excluding hydrogens is 226 g/mol. The van der Waals surface area contributed by atoms with Gasteiger partial charge in [-0.1, -0.05) is 6.58 Å². The van der Waals surface area contributed by atoms with Crippen molar-refractivity contribution in [3.8, 4) is 0 Å². The quantitative estimate of drug-likeness (QED) is 0.590. The van der Waals surface area contributed by atoms with E-state index in [0.29, 0.717) is 0 Å². The minimum atomic E-state index is -1.66. The fourth-order valence-corrected chi connectivity index (χ4v) is 1.88. The van der Waals surface area contributed by atoms with E-state index < -0.39 is 23.8 Å². The van der Waals surface area contributed by atoms with Crippen molar-refractivity contribution in [1.82, 2.24) is 4.90 Å². The lowest BCUT2D eigenvalue weighted by Gasteiger charge is -2.33. The zero-order valence-corrected chi connectivity index (χ0v) is 9.29. The molecule has 0 unspecified atom stereocenters. The first-order valence-corrected chi connectivity index (χ1v) is 5.12. The minimum absolute atomic E-state index is 0.00176. The Morgan fingerprint density at radius 1 is 1.59 bits per heavy atom. The maximum atomic E-state index is 11.6. The van der Waals surface area contributed by atoms with Crippen molar-refractivity contribution in [2.45, 2.75) is 31.3 Å². The Balaban J connectivity index is 2.30. The molecule has 92 valence electrons. The van der Waals surface area contributed by atoms with Crippen LogP contribution in [0.15, 0.2) is 24.6 Å². The van der Waals surface area contributed by atoms with E-state index in [0.717, 1.165) is 4.90 Å². The van der Waals surface area contributed by atoms with E-state index in [1.54, 1.807) is 0 Å². The van der Waals surface area contributed by atoms with E-state index in [1.807, 2.05) is 0 Å². The molecule has 2 heterocycles. The summed E-state index contributed by atoms with van der Waals surface area (Å²) in [6.45, 7) is 4.80. The number of allylic oxidation sites excluding steroid dienone is 1. The van der Waals surface area contributed by atoms with Gasteiger partial charge in [0.1, 0.15) is 11.9 Å². The first-order valence-electron chi connectivity index (χ1n) is 5.12. The number of ether oxygens (including phenoxy) is 1. The molecule has 17 heavy (non-hydrogen) atoms. The van der Waals surface area contributed by atoms with Crippen LogP contribution in [0.5, 0.6) is 0 Å². The van der Waals surface area contributed by atoms with Crippen LogP contribution >= 0.6 is 0 Å². The van der Waals surface area contributed by atoms with Crippen molar-refractivity contribution in [3.05, 3.63) is 24.6 Å². The molecule has 2 rings (SSSR count). The van der Waals surface area contributed by atoms with Crippen LogP contribution in [0.1, 0.15) is 13.3 Å². The van der Waals surface area contributed by atoms with Gasteiger partial charge in [0.15, 0.2) is 11.4 Å². The van der Waals surface area contributed by atoms with Gasteiger partial charge in [-0.25, -0.2) is 0 Å². The van der Waals surface area contributed by atoms with Crippen molar-refractivity contribution in [2.75, 3.05) is 0 Å². The summed E-state index contributed by atoms with van der Waals surface area (Å²) in [6.07, 6.45) is -0.129. The summed E-state index contributed by atoms with van der Waals surface area (Å²) in [5.41, 5.74) is -1.66. The number of hydrogen-bond donors (Lipinski definition) is 2. The fourth-order valence-electron chi connectivity index (χ4n) is 1.88. The lowest BCUT2D eigenvalue weighted by Crippen LogP contribution is -2.53. The van der Waals surface area contributed by atoms with E-state index in [1.165, 1.54) is 19.2 Å². The lowest BCUT2D eigenvalue weighted by atomic mass is 9.97. The van der Waals surface area contributed by atoms with Crippen LogP contribution in [0.4, 0.5) is 0 Å².